The molecule has 0 fully saturated rings. The SMILES string of the molecule is CC1=C(Cc2ccc(OC(=O)c3ccccc3)cc2)C(=O)[C@H](C(C)C)CC1. The molecule has 1 aliphatic rings. The van der Waals surface area contributed by atoms with Gasteiger partial charge in [-0.1, -0.05) is 49.8 Å². The minimum atomic E-state index is -0.371. The molecule has 0 aromatic heterocycles. The van der Waals surface area contributed by atoms with E-state index in [1.54, 1.807) is 36.4 Å². The van der Waals surface area contributed by atoms with E-state index in [2.05, 4.69) is 20.8 Å². The maximum atomic E-state index is 12.8. The summed E-state index contributed by atoms with van der Waals surface area (Å²) in [5.41, 5.74) is 3.74. The van der Waals surface area contributed by atoms with Crippen LogP contribution in [0.2, 0.25) is 0 Å². The molecule has 140 valence electrons. The van der Waals surface area contributed by atoms with Gasteiger partial charge in [-0.05, 0) is 61.1 Å². The molecule has 0 N–H and O–H groups in total. The first-order valence-electron chi connectivity index (χ1n) is 9.54. The number of ether oxygens (including phenoxy) is 1. The van der Waals surface area contributed by atoms with Crippen molar-refractivity contribution >= 4 is 11.8 Å². The van der Waals surface area contributed by atoms with Crippen molar-refractivity contribution in [1.29, 1.82) is 0 Å². The second-order valence-electron chi connectivity index (χ2n) is 7.59. The van der Waals surface area contributed by atoms with Crippen LogP contribution >= 0.6 is 0 Å². The lowest BCUT2D eigenvalue weighted by atomic mass is 9.76. The van der Waals surface area contributed by atoms with Gasteiger partial charge in [-0.3, -0.25) is 4.79 Å². The van der Waals surface area contributed by atoms with Crippen LogP contribution in [0, 0.1) is 11.8 Å². The molecular weight excluding hydrogens is 336 g/mol. The van der Waals surface area contributed by atoms with Crippen molar-refractivity contribution in [3.63, 3.8) is 0 Å². The van der Waals surface area contributed by atoms with Gasteiger partial charge in [0.05, 0.1) is 5.56 Å². The van der Waals surface area contributed by atoms with Crippen molar-refractivity contribution in [2.75, 3.05) is 0 Å². The Balaban J connectivity index is 1.69. The van der Waals surface area contributed by atoms with Gasteiger partial charge >= 0.3 is 5.97 Å². The van der Waals surface area contributed by atoms with Gasteiger partial charge in [0.15, 0.2) is 5.78 Å². The van der Waals surface area contributed by atoms with E-state index in [-0.39, 0.29) is 11.9 Å². The Morgan fingerprint density at radius 2 is 1.74 bits per heavy atom. The van der Waals surface area contributed by atoms with E-state index in [4.69, 9.17) is 4.74 Å². The summed E-state index contributed by atoms with van der Waals surface area (Å²) in [4.78, 5) is 25.0. The van der Waals surface area contributed by atoms with Crippen LogP contribution < -0.4 is 4.74 Å². The summed E-state index contributed by atoms with van der Waals surface area (Å²) in [5.74, 6) is 0.945. The molecule has 0 saturated carbocycles. The van der Waals surface area contributed by atoms with Gasteiger partial charge in [0.25, 0.3) is 0 Å². The zero-order chi connectivity index (χ0) is 19.4. The molecule has 0 radical (unpaired) electrons. The molecule has 0 amide bonds. The third-order valence-electron chi connectivity index (χ3n) is 5.31. The Morgan fingerprint density at radius 1 is 1.07 bits per heavy atom. The van der Waals surface area contributed by atoms with Crippen LogP contribution in [0.25, 0.3) is 0 Å². The second-order valence-corrected chi connectivity index (χ2v) is 7.59. The largest absolute Gasteiger partial charge is 0.423 e. The minimum Gasteiger partial charge on any atom is -0.423 e. The number of Topliss-reactive ketones (excluding diaryl/α,β-unsaturated/α-hetero) is 1. The molecule has 0 bridgehead atoms. The summed E-state index contributed by atoms with van der Waals surface area (Å²) in [6.45, 7) is 6.31. The Bertz CT molecular complexity index is 845. The predicted molar refractivity (Wildman–Crippen MR) is 107 cm³/mol. The highest BCUT2D eigenvalue weighted by Gasteiger charge is 2.29. The number of hydrogen-bond donors (Lipinski definition) is 0. The fourth-order valence-corrected chi connectivity index (χ4v) is 3.58. The molecule has 2 aromatic rings. The first kappa shape index (κ1) is 19.1. The molecule has 0 saturated heterocycles. The van der Waals surface area contributed by atoms with E-state index < -0.39 is 0 Å². The van der Waals surface area contributed by atoms with Gasteiger partial charge in [0, 0.05) is 12.3 Å². The normalized spacial score (nSPS) is 17.3. The molecule has 1 atom stereocenters. The van der Waals surface area contributed by atoms with Gasteiger partial charge in [-0.2, -0.15) is 0 Å². The van der Waals surface area contributed by atoms with Gasteiger partial charge < -0.3 is 4.74 Å². The van der Waals surface area contributed by atoms with Crippen molar-refractivity contribution in [3.8, 4) is 5.75 Å². The van der Waals surface area contributed by atoms with Crippen LogP contribution in [0.1, 0.15) is 49.5 Å². The lowest BCUT2D eigenvalue weighted by molar-refractivity contribution is -0.121. The number of carbonyl (C=O) groups is 2. The Hall–Kier alpha value is -2.68. The topological polar surface area (TPSA) is 43.4 Å². The van der Waals surface area contributed by atoms with Crippen LogP contribution in [0.15, 0.2) is 65.7 Å². The number of carbonyl (C=O) groups excluding carboxylic acids is 2. The molecule has 2 aromatic carbocycles. The summed E-state index contributed by atoms with van der Waals surface area (Å²) in [7, 11) is 0. The van der Waals surface area contributed by atoms with Gasteiger partial charge in [0.2, 0.25) is 0 Å². The summed E-state index contributed by atoms with van der Waals surface area (Å²) < 4.78 is 5.42. The fraction of sp³-hybridized carbons (Fsp3) is 0.333. The number of benzene rings is 2. The molecule has 0 heterocycles. The van der Waals surface area contributed by atoms with Crippen LogP contribution in [0.3, 0.4) is 0 Å². The van der Waals surface area contributed by atoms with E-state index in [1.807, 2.05) is 18.2 Å². The van der Waals surface area contributed by atoms with Gasteiger partial charge in [-0.25, -0.2) is 4.79 Å². The molecule has 3 nitrogen and oxygen atoms in total. The molecule has 1 aliphatic carbocycles. The highest BCUT2D eigenvalue weighted by molar-refractivity contribution is 5.99. The van der Waals surface area contributed by atoms with E-state index in [0.29, 0.717) is 29.4 Å². The maximum Gasteiger partial charge on any atom is 0.343 e. The third kappa shape index (κ3) is 4.54. The fourth-order valence-electron chi connectivity index (χ4n) is 3.58. The number of esters is 1. The smallest absolute Gasteiger partial charge is 0.343 e. The van der Waals surface area contributed by atoms with E-state index in [1.165, 1.54) is 5.57 Å². The average molecular weight is 362 g/mol. The summed E-state index contributed by atoms with van der Waals surface area (Å²) >= 11 is 0. The maximum absolute atomic E-state index is 12.8. The zero-order valence-corrected chi connectivity index (χ0v) is 16.2. The Morgan fingerprint density at radius 3 is 2.37 bits per heavy atom. The zero-order valence-electron chi connectivity index (χ0n) is 16.2. The van der Waals surface area contributed by atoms with Crippen LogP contribution in [-0.4, -0.2) is 11.8 Å². The van der Waals surface area contributed by atoms with E-state index >= 15 is 0 Å². The van der Waals surface area contributed by atoms with Crippen LogP contribution in [0.5, 0.6) is 5.75 Å². The summed E-state index contributed by atoms with van der Waals surface area (Å²) in [5, 5.41) is 0. The molecule has 0 unspecified atom stereocenters. The highest BCUT2D eigenvalue weighted by Crippen LogP contribution is 2.32. The molecular formula is C24H26O3. The number of hydrogen-bond acceptors (Lipinski definition) is 3. The number of rotatable bonds is 5. The molecule has 0 spiro atoms. The molecule has 3 heteroatoms. The van der Waals surface area contributed by atoms with Crippen LogP contribution in [0.4, 0.5) is 0 Å². The van der Waals surface area contributed by atoms with Crippen LogP contribution in [-0.2, 0) is 11.2 Å². The first-order chi connectivity index (χ1) is 13.0. The molecule has 0 aliphatic heterocycles. The van der Waals surface area contributed by atoms with Crippen molar-refractivity contribution in [2.24, 2.45) is 11.8 Å². The standard InChI is InChI=1S/C24H26O3/c1-16(2)21-14-9-17(3)22(23(21)25)15-18-10-12-20(13-11-18)27-24(26)19-7-5-4-6-8-19/h4-8,10-13,16,21H,9,14-15H2,1-3H3/t21-/m0/s1. The molecule has 27 heavy (non-hydrogen) atoms. The first-order valence-corrected chi connectivity index (χ1v) is 9.54. The van der Waals surface area contributed by atoms with Crippen molar-refractivity contribution in [3.05, 3.63) is 76.9 Å². The molecule has 3 rings (SSSR count). The van der Waals surface area contributed by atoms with E-state index in [0.717, 1.165) is 24.0 Å². The Labute approximate surface area is 161 Å². The van der Waals surface area contributed by atoms with Crippen molar-refractivity contribution in [1.82, 2.24) is 0 Å². The Kier molecular flexibility index (Phi) is 5.90. The number of allylic oxidation sites excluding steroid dienone is 2. The van der Waals surface area contributed by atoms with E-state index in [9.17, 15) is 9.59 Å². The lowest BCUT2D eigenvalue weighted by Gasteiger charge is -2.27. The lowest BCUT2D eigenvalue weighted by Crippen LogP contribution is -2.27. The quantitative estimate of drug-likeness (QED) is 0.528. The van der Waals surface area contributed by atoms with Crippen molar-refractivity contribution < 1.29 is 14.3 Å². The summed E-state index contributed by atoms with van der Waals surface area (Å²) in [6.07, 6.45) is 2.59. The minimum absolute atomic E-state index is 0.134. The summed E-state index contributed by atoms with van der Waals surface area (Å²) in [6, 6.07) is 16.4. The number of ketones is 1. The monoisotopic (exact) mass is 362 g/mol. The third-order valence-corrected chi connectivity index (χ3v) is 5.31. The highest BCUT2D eigenvalue weighted by atomic mass is 16.5. The second kappa shape index (κ2) is 8.34. The predicted octanol–water partition coefficient (Wildman–Crippen LogP) is 5.40. The van der Waals surface area contributed by atoms with Gasteiger partial charge in [0.1, 0.15) is 5.75 Å². The van der Waals surface area contributed by atoms with Gasteiger partial charge in [-0.15, -0.1) is 0 Å². The van der Waals surface area contributed by atoms with Crippen molar-refractivity contribution in [2.45, 2.75) is 40.0 Å². The average Bonchev–Trinajstić information content (AvgIpc) is 2.66.